The van der Waals surface area contributed by atoms with Gasteiger partial charge in [-0.3, -0.25) is 0 Å². The topological polar surface area (TPSA) is 35.2 Å². The molecule has 104 valence electrons. The van der Waals surface area contributed by atoms with Crippen LogP contribution in [-0.2, 0) is 13.0 Å². The van der Waals surface area contributed by atoms with Gasteiger partial charge in [-0.25, -0.2) is 0 Å². The second-order valence-corrected chi connectivity index (χ2v) is 5.51. The summed E-state index contributed by atoms with van der Waals surface area (Å²) in [6.45, 7) is 2.60. The molecule has 2 aromatic carbocycles. The number of ether oxygens (including phenoxy) is 1. The van der Waals surface area contributed by atoms with Crippen molar-refractivity contribution in [2.45, 2.75) is 38.8 Å². The Balaban J connectivity index is 1.89. The molecule has 2 heteroatoms. The molecule has 0 saturated carbocycles. The number of hydrogen-bond donors (Lipinski definition) is 1. The summed E-state index contributed by atoms with van der Waals surface area (Å²) >= 11 is 0. The highest BCUT2D eigenvalue weighted by atomic mass is 16.5. The summed E-state index contributed by atoms with van der Waals surface area (Å²) < 4.78 is 6.28. The van der Waals surface area contributed by atoms with Crippen molar-refractivity contribution in [2.75, 3.05) is 0 Å². The number of benzene rings is 2. The highest BCUT2D eigenvalue weighted by molar-refractivity contribution is 5.38. The third-order valence-electron chi connectivity index (χ3n) is 4.02. The predicted molar refractivity (Wildman–Crippen MR) is 81.8 cm³/mol. The van der Waals surface area contributed by atoms with Gasteiger partial charge in [0.15, 0.2) is 0 Å². The quantitative estimate of drug-likeness (QED) is 0.915. The lowest BCUT2D eigenvalue weighted by Crippen LogP contribution is -2.16. The van der Waals surface area contributed by atoms with E-state index in [0.717, 1.165) is 24.2 Å². The molecule has 0 saturated heterocycles. The van der Waals surface area contributed by atoms with Crippen molar-refractivity contribution in [3.05, 3.63) is 64.7 Å². The second-order valence-electron chi connectivity index (χ2n) is 5.51. The smallest absolute Gasteiger partial charge is 0.124 e. The van der Waals surface area contributed by atoms with Crippen LogP contribution in [0.25, 0.3) is 0 Å². The van der Waals surface area contributed by atoms with Gasteiger partial charge in [-0.05, 0) is 43.4 Å². The first-order valence-electron chi connectivity index (χ1n) is 7.32. The summed E-state index contributed by atoms with van der Waals surface area (Å²) in [5.41, 5.74) is 10.9. The molecule has 0 radical (unpaired) electrons. The van der Waals surface area contributed by atoms with Gasteiger partial charge < -0.3 is 10.5 Å². The normalized spacial score (nSPS) is 17.6. The molecule has 3 rings (SSSR count). The van der Waals surface area contributed by atoms with E-state index >= 15 is 0 Å². The van der Waals surface area contributed by atoms with Gasteiger partial charge >= 0.3 is 0 Å². The summed E-state index contributed by atoms with van der Waals surface area (Å²) in [4.78, 5) is 0. The van der Waals surface area contributed by atoms with Crippen LogP contribution in [-0.4, -0.2) is 0 Å². The standard InChI is InChI=1S/C18H21NO/c1-13-9-10-17(15(11-13)12-19)20-18-8-4-6-14-5-2-3-7-16(14)18/h2-3,5,7,9-11,18H,4,6,8,12,19H2,1H3. The average molecular weight is 267 g/mol. The Morgan fingerprint density at radius 2 is 2.05 bits per heavy atom. The van der Waals surface area contributed by atoms with Crippen LogP contribution in [0.2, 0.25) is 0 Å². The molecule has 1 atom stereocenters. The van der Waals surface area contributed by atoms with Gasteiger partial charge in [-0.2, -0.15) is 0 Å². The van der Waals surface area contributed by atoms with Crippen molar-refractivity contribution in [1.29, 1.82) is 0 Å². The summed E-state index contributed by atoms with van der Waals surface area (Å²) in [5, 5.41) is 0. The lowest BCUT2D eigenvalue weighted by atomic mass is 9.89. The number of nitrogens with two attached hydrogens (primary N) is 1. The Hall–Kier alpha value is -1.80. The molecular formula is C18H21NO. The van der Waals surface area contributed by atoms with Crippen LogP contribution in [0.4, 0.5) is 0 Å². The van der Waals surface area contributed by atoms with Gasteiger partial charge in [0.2, 0.25) is 0 Å². The van der Waals surface area contributed by atoms with Gasteiger partial charge in [-0.1, -0.05) is 42.0 Å². The van der Waals surface area contributed by atoms with Crippen molar-refractivity contribution >= 4 is 0 Å². The van der Waals surface area contributed by atoms with Gasteiger partial charge in [0, 0.05) is 12.1 Å². The molecule has 1 unspecified atom stereocenters. The van der Waals surface area contributed by atoms with E-state index in [1.165, 1.54) is 23.1 Å². The molecule has 1 aliphatic carbocycles. The molecule has 1 aliphatic rings. The predicted octanol–water partition coefficient (Wildman–Crippen LogP) is 3.91. The van der Waals surface area contributed by atoms with Gasteiger partial charge in [0.25, 0.3) is 0 Å². The SMILES string of the molecule is Cc1ccc(OC2CCCc3ccccc32)c(CN)c1. The lowest BCUT2D eigenvalue weighted by Gasteiger charge is -2.27. The minimum absolute atomic E-state index is 0.160. The zero-order valence-electron chi connectivity index (χ0n) is 11.9. The number of aryl methyl sites for hydroxylation is 2. The fourth-order valence-electron chi connectivity index (χ4n) is 2.97. The minimum atomic E-state index is 0.160. The monoisotopic (exact) mass is 267 g/mol. The average Bonchev–Trinajstić information content (AvgIpc) is 2.49. The van der Waals surface area contributed by atoms with Crippen LogP contribution >= 0.6 is 0 Å². The first kappa shape index (κ1) is 13.2. The fraction of sp³-hybridized carbons (Fsp3) is 0.333. The van der Waals surface area contributed by atoms with Crippen molar-refractivity contribution in [3.63, 3.8) is 0 Å². The van der Waals surface area contributed by atoms with Crippen LogP contribution in [0.15, 0.2) is 42.5 Å². The molecule has 0 spiro atoms. The molecule has 0 bridgehead atoms. The molecular weight excluding hydrogens is 246 g/mol. The summed E-state index contributed by atoms with van der Waals surface area (Å²) in [6.07, 6.45) is 3.58. The third-order valence-corrected chi connectivity index (χ3v) is 4.02. The maximum Gasteiger partial charge on any atom is 0.124 e. The Bertz CT molecular complexity index is 606. The molecule has 20 heavy (non-hydrogen) atoms. The van der Waals surface area contributed by atoms with Gasteiger partial charge in [0.05, 0.1) is 0 Å². The van der Waals surface area contributed by atoms with Crippen LogP contribution in [0, 0.1) is 6.92 Å². The van der Waals surface area contributed by atoms with E-state index in [4.69, 9.17) is 10.5 Å². The fourth-order valence-corrected chi connectivity index (χ4v) is 2.97. The largest absolute Gasteiger partial charge is 0.485 e. The van der Waals surface area contributed by atoms with Crippen molar-refractivity contribution in [2.24, 2.45) is 5.73 Å². The van der Waals surface area contributed by atoms with Crippen LogP contribution in [0.3, 0.4) is 0 Å². The van der Waals surface area contributed by atoms with E-state index in [9.17, 15) is 0 Å². The Kier molecular flexibility index (Phi) is 3.75. The van der Waals surface area contributed by atoms with Crippen molar-refractivity contribution in [1.82, 2.24) is 0 Å². The third kappa shape index (κ3) is 2.56. The van der Waals surface area contributed by atoms with E-state index in [1.807, 2.05) is 0 Å². The zero-order chi connectivity index (χ0) is 13.9. The van der Waals surface area contributed by atoms with Crippen molar-refractivity contribution in [3.8, 4) is 5.75 Å². The van der Waals surface area contributed by atoms with Crippen LogP contribution < -0.4 is 10.5 Å². The van der Waals surface area contributed by atoms with Crippen molar-refractivity contribution < 1.29 is 4.74 Å². The highest BCUT2D eigenvalue weighted by Crippen LogP contribution is 2.34. The summed E-state index contributed by atoms with van der Waals surface area (Å²) in [6, 6.07) is 14.9. The minimum Gasteiger partial charge on any atom is -0.485 e. The molecule has 2 nitrogen and oxygen atoms in total. The first-order chi connectivity index (χ1) is 9.78. The van der Waals surface area contributed by atoms with E-state index in [2.05, 4.69) is 49.4 Å². The summed E-state index contributed by atoms with van der Waals surface area (Å²) in [5.74, 6) is 0.930. The van der Waals surface area contributed by atoms with E-state index < -0.39 is 0 Å². The molecule has 2 aromatic rings. The second kappa shape index (κ2) is 5.68. The van der Waals surface area contributed by atoms with Crippen LogP contribution in [0.5, 0.6) is 5.75 Å². The van der Waals surface area contributed by atoms with E-state index in [-0.39, 0.29) is 6.10 Å². The Labute approximate surface area is 120 Å². The maximum atomic E-state index is 6.28. The number of hydrogen-bond acceptors (Lipinski definition) is 2. The molecule has 0 aliphatic heterocycles. The Morgan fingerprint density at radius 3 is 2.90 bits per heavy atom. The molecule has 0 aromatic heterocycles. The zero-order valence-corrected chi connectivity index (χ0v) is 11.9. The van der Waals surface area contributed by atoms with Gasteiger partial charge in [-0.15, -0.1) is 0 Å². The highest BCUT2D eigenvalue weighted by Gasteiger charge is 2.21. The maximum absolute atomic E-state index is 6.28. The number of fused-ring (bicyclic) bond motifs is 1. The first-order valence-corrected chi connectivity index (χ1v) is 7.32. The van der Waals surface area contributed by atoms with E-state index in [0.29, 0.717) is 6.54 Å². The molecule has 0 fully saturated rings. The number of rotatable bonds is 3. The molecule has 2 N–H and O–H groups in total. The Morgan fingerprint density at radius 1 is 1.20 bits per heavy atom. The molecule has 0 heterocycles. The molecule has 0 amide bonds. The van der Waals surface area contributed by atoms with Gasteiger partial charge in [0.1, 0.15) is 11.9 Å². The lowest BCUT2D eigenvalue weighted by molar-refractivity contribution is 0.181. The summed E-state index contributed by atoms with van der Waals surface area (Å²) in [7, 11) is 0. The van der Waals surface area contributed by atoms with E-state index in [1.54, 1.807) is 0 Å². The van der Waals surface area contributed by atoms with Crippen LogP contribution in [0.1, 0.15) is 41.2 Å².